The highest BCUT2D eigenvalue weighted by Crippen LogP contribution is 2.14. The van der Waals surface area contributed by atoms with Crippen LogP contribution in [0.25, 0.3) is 11.4 Å². The Morgan fingerprint density at radius 2 is 1.96 bits per heavy atom. The van der Waals surface area contributed by atoms with E-state index in [1.807, 2.05) is 44.4 Å². The van der Waals surface area contributed by atoms with Gasteiger partial charge >= 0.3 is 0 Å². The van der Waals surface area contributed by atoms with Crippen LogP contribution in [-0.4, -0.2) is 37.6 Å². The number of hydrogen-bond acceptors (Lipinski definition) is 4. The van der Waals surface area contributed by atoms with Crippen LogP contribution in [-0.2, 0) is 13.6 Å². The first kappa shape index (κ1) is 16.6. The van der Waals surface area contributed by atoms with Gasteiger partial charge in [0.05, 0.1) is 6.20 Å². The number of hydrogen-bond donors (Lipinski definition) is 1. The lowest BCUT2D eigenvalue weighted by Crippen LogP contribution is -2.31. The number of carbonyl (C=O) groups excluding carboxylic acids is 1. The van der Waals surface area contributed by atoms with Crippen molar-refractivity contribution in [3.8, 4) is 11.4 Å². The van der Waals surface area contributed by atoms with Gasteiger partial charge in [-0.15, -0.1) is 0 Å². The van der Waals surface area contributed by atoms with Crippen molar-refractivity contribution in [3.05, 3.63) is 69.9 Å². The highest BCUT2D eigenvalue weighted by molar-refractivity contribution is 5.93. The molecule has 0 spiro atoms. The van der Waals surface area contributed by atoms with Gasteiger partial charge in [0.25, 0.3) is 11.5 Å². The molecule has 25 heavy (non-hydrogen) atoms. The van der Waals surface area contributed by atoms with Gasteiger partial charge in [0.1, 0.15) is 11.4 Å². The number of H-pyrrole nitrogens is 1. The third-order valence-electron chi connectivity index (χ3n) is 3.88. The van der Waals surface area contributed by atoms with Crippen LogP contribution < -0.4 is 5.56 Å². The van der Waals surface area contributed by atoms with Gasteiger partial charge in [0, 0.05) is 44.2 Å². The van der Waals surface area contributed by atoms with Gasteiger partial charge in [-0.1, -0.05) is 29.8 Å². The van der Waals surface area contributed by atoms with Crippen LogP contribution >= 0.6 is 0 Å². The van der Waals surface area contributed by atoms with E-state index in [-0.39, 0.29) is 11.5 Å². The van der Waals surface area contributed by atoms with E-state index in [2.05, 4.69) is 15.1 Å². The molecule has 0 saturated heterocycles. The van der Waals surface area contributed by atoms with E-state index in [9.17, 15) is 9.59 Å². The Balaban J connectivity index is 1.81. The molecule has 0 unspecified atom stereocenters. The van der Waals surface area contributed by atoms with Crippen LogP contribution in [0.2, 0.25) is 0 Å². The molecule has 0 aliphatic rings. The highest BCUT2D eigenvalue weighted by Gasteiger charge is 2.17. The quantitative estimate of drug-likeness (QED) is 0.786. The summed E-state index contributed by atoms with van der Waals surface area (Å²) in [5.41, 5.74) is 2.37. The molecule has 0 aliphatic heterocycles. The lowest BCUT2D eigenvalue weighted by atomic mass is 10.1. The maximum atomic E-state index is 12.5. The topological polar surface area (TPSA) is 83.9 Å². The Bertz CT molecular complexity index is 956. The van der Waals surface area contributed by atoms with Crippen molar-refractivity contribution in [2.75, 3.05) is 7.05 Å². The molecule has 0 atom stereocenters. The first-order valence-electron chi connectivity index (χ1n) is 7.83. The summed E-state index contributed by atoms with van der Waals surface area (Å²) in [6.45, 7) is 2.35. The summed E-state index contributed by atoms with van der Waals surface area (Å²) >= 11 is 0. The highest BCUT2D eigenvalue weighted by atomic mass is 16.2. The molecular formula is C18H19N5O2. The van der Waals surface area contributed by atoms with Crippen molar-refractivity contribution >= 4 is 5.91 Å². The van der Waals surface area contributed by atoms with Crippen LogP contribution in [0.4, 0.5) is 0 Å². The van der Waals surface area contributed by atoms with Crippen LogP contribution in [0.3, 0.4) is 0 Å². The summed E-state index contributed by atoms with van der Waals surface area (Å²) in [4.78, 5) is 33.2. The van der Waals surface area contributed by atoms with E-state index in [1.165, 1.54) is 11.1 Å². The summed E-state index contributed by atoms with van der Waals surface area (Å²) < 4.78 is 1.67. The van der Waals surface area contributed by atoms with Crippen molar-refractivity contribution in [2.24, 2.45) is 7.05 Å². The molecule has 1 N–H and O–H groups in total. The molecule has 2 aromatic heterocycles. The number of nitrogens with one attached hydrogen (secondary N) is 1. The van der Waals surface area contributed by atoms with E-state index in [1.54, 1.807) is 17.9 Å². The number of benzene rings is 1. The Labute approximate surface area is 144 Å². The summed E-state index contributed by atoms with van der Waals surface area (Å²) in [6, 6.07) is 7.64. The predicted molar refractivity (Wildman–Crippen MR) is 94.0 cm³/mol. The number of aryl methyl sites for hydroxylation is 2. The third kappa shape index (κ3) is 3.65. The zero-order chi connectivity index (χ0) is 18.0. The van der Waals surface area contributed by atoms with Crippen molar-refractivity contribution in [2.45, 2.75) is 13.5 Å². The molecule has 3 rings (SSSR count). The second kappa shape index (κ2) is 6.72. The van der Waals surface area contributed by atoms with Gasteiger partial charge < -0.3 is 9.88 Å². The smallest absolute Gasteiger partial charge is 0.264 e. The van der Waals surface area contributed by atoms with E-state index in [0.29, 0.717) is 12.4 Å². The first-order chi connectivity index (χ1) is 11.9. The lowest BCUT2D eigenvalue weighted by molar-refractivity contribution is 0.0783. The SMILES string of the molecule is Cc1ccc(-c2ncc(C(=O)N(C)Cc3cnn(C)c3)c(=O)[nH]2)cc1. The van der Waals surface area contributed by atoms with Crippen LogP contribution in [0.15, 0.2) is 47.7 Å². The van der Waals surface area contributed by atoms with Gasteiger partial charge in [0.15, 0.2) is 0 Å². The average Bonchev–Trinajstić information content (AvgIpc) is 2.99. The Hall–Kier alpha value is -3.22. The molecule has 0 bridgehead atoms. The van der Waals surface area contributed by atoms with E-state index in [0.717, 1.165) is 16.7 Å². The maximum Gasteiger partial charge on any atom is 0.264 e. The van der Waals surface area contributed by atoms with Gasteiger partial charge in [-0.3, -0.25) is 14.3 Å². The molecule has 1 aromatic carbocycles. The minimum Gasteiger partial charge on any atom is -0.337 e. The standard InChI is InChI=1S/C18H19N5O2/c1-12-4-6-14(7-5-12)16-19-9-15(17(24)21-16)18(25)22(2)10-13-8-20-23(3)11-13/h4-9,11H,10H2,1-3H3,(H,19,21,24). The number of aromatic nitrogens is 4. The molecule has 7 nitrogen and oxygen atoms in total. The second-order valence-corrected chi connectivity index (χ2v) is 6.02. The summed E-state index contributed by atoms with van der Waals surface area (Å²) in [5, 5.41) is 4.07. The van der Waals surface area contributed by atoms with Crippen LogP contribution in [0, 0.1) is 6.92 Å². The average molecular weight is 337 g/mol. The number of nitrogens with zero attached hydrogens (tertiary/aromatic N) is 4. The minimum absolute atomic E-state index is 0.0160. The molecule has 128 valence electrons. The monoisotopic (exact) mass is 337 g/mol. The Kier molecular flexibility index (Phi) is 4.47. The summed E-state index contributed by atoms with van der Waals surface area (Å²) in [7, 11) is 3.45. The summed E-state index contributed by atoms with van der Waals surface area (Å²) in [5.74, 6) is 0.0597. The van der Waals surface area contributed by atoms with Crippen LogP contribution in [0.1, 0.15) is 21.5 Å². The molecule has 1 amide bonds. The van der Waals surface area contributed by atoms with E-state index in [4.69, 9.17) is 0 Å². The van der Waals surface area contributed by atoms with Crippen molar-refractivity contribution in [1.82, 2.24) is 24.6 Å². The number of amides is 1. The number of aromatic amines is 1. The molecular weight excluding hydrogens is 318 g/mol. The third-order valence-corrected chi connectivity index (χ3v) is 3.88. The lowest BCUT2D eigenvalue weighted by Gasteiger charge is -2.15. The molecule has 2 heterocycles. The van der Waals surface area contributed by atoms with Crippen molar-refractivity contribution < 1.29 is 4.79 Å². The van der Waals surface area contributed by atoms with Crippen molar-refractivity contribution in [3.63, 3.8) is 0 Å². The minimum atomic E-state index is -0.450. The Morgan fingerprint density at radius 1 is 1.24 bits per heavy atom. The summed E-state index contributed by atoms with van der Waals surface area (Å²) in [6.07, 6.45) is 4.84. The molecule has 0 saturated carbocycles. The van der Waals surface area contributed by atoms with Gasteiger partial charge in [-0.05, 0) is 6.92 Å². The van der Waals surface area contributed by atoms with E-state index < -0.39 is 5.56 Å². The van der Waals surface area contributed by atoms with Gasteiger partial charge in [-0.2, -0.15) is 5.10 Å². The molecule has 0 fully saturated rings. The molecule has 0 radical (unpaired) electrons. The first-order valence-corrected chi connectivity index (χ1v) is 7.83. The predicted octanol–water partition coefficient (Wildman–Crippen LogP) is 1.75. The van der Waals surface area contributed by atoms with Crippen LogP contribution in [0.5, 0.6) is 0 Å². The van der Waals surface area contributed by atoms with Gasteiger partial charge in [0.2, 0.25) is 0 Å². The zero-order valence-electron chi connectivity index (χ0n) is 14.4. The molecule has 7 heteroatoms. The fourth-order valence-corrected chi connectivity index (χ4v) is 2.51. The van der Waals surface area contributed by atoms with E-state index >= 15 is 0 Å². The largest absolute Gasteiger partial charge is 0.337 e. The fraction of sp³-hybridized carbons (Fsp3) is 0.222. The maximum absolute atomic E-state index is 12.5. The van der Waals surface area contributed by atoms with Crippen molar-refractivity contribution in [1.29, 1.82) is 0 Å². The fourth-order valence-electron chi connectivity index (χ4n) is 2.51. The normalized spacial score (nSPS) is 10.7. The molecule has 3 aromatic rings. The number of carbonyl (C=O) groups is 1. The van der Waals surface area contributed by atoms with Gasteiger partial charge in [-0.25, -0.2) is 4.98 Å². The molecule has 0 aliphatic carbocycles. The zero-order valence-corrected chi connectivity index (χ0v) is 14.4. The Morgan fingerprint density at radius 3 is 2.56 bits per heavy atom. The second-order valence-electron chi connectivity index (χ2n) is 6.02. The number of rotatable bonds is 4.